The molecule has 4 aromatic rings. The van der Waals surface area contributed by atoms with E-state index >= 15 is 0 Å². The number of carbonyl (C=O) groups is 1. The summed E-state index contributed by atoms with van der Waals surface area (Å²) in [6.07, 6.45) is 3.31. The summed E-state index contributed by atoms with van der Waals surface area (Å²) in [5, 5.41) is 0. The number of pyridine rings is 1. The van der Waals surface area contributed by atoms with Gasteiger partial charge in [0.25, 0.3) is 11.5 Å². The first-order valence-electron chi connectivity index (χ1n) is 13.0. The number of aromatic nitrogens is 2. The molecule has 0 spiro atoms. The highest BCUT2D eigenvalue weighted by molar-refractivity contribution is 8.26. The molecule has 7 nitrogen and oxygen atoms in total. The van der Waals surface area contributed by atoms with E-state index in [1.54, 1.807) is 30.5 Å². The first-order valence-corrected chi connectivity index (χ1v) is 14.2. The summed E-state index contributed by atoms with van der Waals surface area (Å²) in [4.78, 5) is 38.3. The number of hydrogen-bond donors (Lipinski definition) is 0. The molecule has 0 saturated carbocycles. The molecule has 6 rings (SSSR count). The molecule has 0 unspecified atom stereocenters. The standard InChI is InChI=1S/C30H26FN5O2S2/c31-23-11-9-22(10-12-23)20-36-29(38)25(40-30(36)39)18-24-27(32-26-8-4-5-13-35(26)28(24)37)34-16-14-33(15-17-34)19-21-6-2-1-3-7-21/h1-13,18H,14-17,19-20H2. The van der Waals surface area contributed by atoms with Crippen molar-refractivity contribution in [3.8, 4) is 0 Å². The highest BCUT2D eigenvalue weighted by Crippen LogP contribution is 2.34. The molecule has 40 heavy (non-hydrogen) atoms. The Labute approximate surface area is 240 Å². The van der Waals surface area contributed by atoms with Gasteiger partial charge >= 0.3 is 0 Å². The van der Waals surface area contributed by atoms with E-state index in [4.69, 9.17) is 17.2 Å². The average molecular weight is 572 g/mol. The van der Waals surface area contributed by atoms with Crippen LogP contribution < -0.4 is 10.5 Å². The molecule has 0 radical (unpaired) electrons. The summed E-state index contributed by atoms with van der Waals surface area (Å²) in [5.41, 5.74) is 2.70. The molecule has 2 aliphatic heterocycles. The van der Waals surface area contributed by atoms with E-state index in [0.29, 0.717) is 39.3 Å². The Morgan fingerprint density at radius 3 is 2.33 bits per heavy atom. The van der Waals surface area contributed by atoms with Gasteiger partial charge < -0.3 is 4.90 Å². The number of anilines is 1. The second kappa shape index (κ2) is 11.3. The Morgan fingerprint density at radius 2 is 1.57 bits per heavy atom. The number of amides is 1. The van der Waals surface area contributed by atoms with Gasteiger partial charge in [-0.3, -0.25) is 23.8 Å². The van der Waals surface area contributed by atoms with Gasteiger partial charge in [0, 0.05) is 38.9 Å². The minimum absolute atomic E-state index is 0.230. The van der Waals surface area contributed by atoms with Crippen molar-refractivity contribution < 1.29 is 9.18 Å². The number of halogens is 1. The third kappa shape index (κ3) is 5.42. The summed E-state index contributed by atoms with van der Waals surface area (Å²) in [7, 11) is 0. The molecule has 202 valence electrons. The fourth-order valence-corrected chi connectivity index (χ4v) is 6.19. The van der Waals surface area contributed by atoms with E-state index in [-0.39, 0.29) is 23.8 Å². The lowest BCUT2D eigenvalue weighted by atomic mass is 10.1. The van der Waals surface area contributed by atoms with Gasteiger partial charge in [-0.15, -0.1) is 0 Å². The van der Waals surface area contributed by atoms with Crippen molar-refractivity contribution in [3.63, 3.8) is 0 Å². The first kappa shape index (κ1) is 26.4. The van der Waals surface area contributed by atoms with Crippen LogP contribution in [0.15, 0.2) is 88.7 Å². The maximum atomic E-state index is 13.7. The van der Waals surface area contributed by atoms with Crippen LogP contribution in [0.25, 0.3) is 11.7 Å². The highest BCUT2D eigenvalue weighted by Gasteiger charge is 2.33. The Kier molecular flexibility index (Phi) is 7.46. The van der Waals surface area contributed by atoms with Gasteiger partial charge in [-0.25, -0.2) is 9.37 Å². The molecule has 0 N–H and O–H groups in total. The number of rotatable bonds is 6. The van der Waals surface area contributed by atoms with E-state index in [1.165, 1.54) is 27.0 Å². The number of thiocarbonyl (C=S) groups is 1. The normalized spacial score (nSPS) is 17.4. The van der Waals surface area contributed by atoms with Gasteiger partial charge in [0.2, 0.25) is 0 Å². The van der Waals surface area contributed by atoms with Crippen LogP contribution in [0.5, 0.6) is 0 Å². The number of thioether (sulfide) groups is 1. The number of hydrogen-bond acceptors (Lipinski definition) is 7. The van der Waals surface area contributed by atoms with Gasteiger partial charge in [0.15, 0.2) is 0 Å². The SMILES string of the molecule is O=C1C(=Cc2c(N3CCN(Cc4ccccc4)CC3)nc3ccccn3c2=O)SC(=S)N1Cc1ccc(F)cc1. The third-order valence-corrected chi connectivity index (χ3v) is 8.45. The smallest absolute Gasteiger partial charge is 0.267 e. The second-order valence-electron chi connectivity index (χ2n) is 9.73. The van der Waals surface area contributed by atoms with E-state index < -0.39 is 0 Å². The molecule has 2 aromatic heterocycles. The Bertz CT molecular complexity index is 1670. The topological polar surface area (TPSA) is 61.2 Å². The summed E-state index contributed by atoms with van der Waals surface area (Å²) < 4.78 is 15.2. The Balaban J connectivity index is 1.29. The number of benzene rings is 2. The maximum absolute atomic E-state index is 13.7. The second-order valence-corrected chi connectivity index (χ2v) is 11.4. The summed E-state index contributed by atoms with van der Waals surface area (Å²) in [5.74, 6) is -0.0541. The molecule has 0 aliphatic carbocycles. The van der Waals surface area contributed by atoms with Crippen LogP contribution in [-0.2, 0) is 17.9 Å². The van der Waals surface area contributed by atoms with Crippen LogP contribution in [-0.4, -0.2) is 55.6 Å². The molecule has 1 amide bonds. The van der Waals surface area contributed by atoms with E-state index in [2.05, 4.69) is 21.9 Å². The van der Waals surface area contributed by atoms with Crippen molar-refractivity contribution in [3.05, 3.63) is 117 Å². The number of nitrogens with zero attached hydrogens (tertiary/aromatic N) is 5. The lowest BCUT2D eigenvalue weighted by Gasteiger charge is -2.36. The van der Waals surface area contributed by atoms with Crippen LogP contribution in [0, 0.1) is 5.82 Å². The molecule has 2 aromatic carbocycles. The largest absolute Gasteiger partial charge is 0.353 e. The van der Waals surface area contributed by atoms with Crippen LogP contribution >= 0.6 is 24.0 Å². The van der Waals surface area contributed by atoms with Gasteiger partial charge in [-0.05, 0) is 41.5 Å². The van der Waals surface area contributed by atoms with Crippen molar-refractivity contribution in [2.45, 2.75) is 13.1 Å². The van der Waals surface area contributed by atoms with Gasteiger partial charge in [-0.1, -0.05) is 72.5 Å². The average Bonchev–Trinajstić information content (AvgIpc) is 3.24. The van der Waals surface area contributed by atoms with Crippen molar-refractivity contribution in [1.82, 2.24) is 19.2 Å². The predicted octanol–water partition coefficient (Wildman–Crippen LogP) is 4.56. The Morgan fingerprint density at radius 1 is 0.875 bits per heavy atom. The zero-order valence-electron chi connectivity index (χ0n) is 21.6. The van der Waals surface area contributed by atoms with Crippen LogP contribution in [0.1, 0.15) is 16.7 Å². The molecule has 0 bridgehead atoms. The number of carbonyl (C=O) groups excluding carboxylic acids is 1. The maximum Gasteiger partial charge on any atom is 0.267 e. The molecule has 0 atom stereocenters. The Hall–Kier alpha value is -3.86. The lowest BCUT2D eigenvalue weighted by molar-refractivity contribution is -0.122. The third-order valence-electron chi connectivity index (χ3n) is 7.07. The molecule has 10 heteroatoms. The number of fused-ring (bicyclic) bond motifs is 1. The first-order chi connectivity index (χ1) is 19.5. The summed E-state index contributed by atoms with van der Waals surface area (Å²) in [6.45, 7) is 4.15. The van der Waals surface area contributed by atoms with E-state index in [0.717, 1.165) is 37.0 Å². The molecule has 2 saturated heterocycles. The van der Waals surface area contributed by atoms with E-state index in [1.807, 2.05) is 30.3 Å². The van der Waals surface area contributed by atoms with Crippen molar-refractivity contribution in [2.24, 2.45) is 0 Å². The summed E-state index contributed by atoms with van der Waals surface area (Å²) >= 11 is 6.67. The molecule has 2 aliphatic rings. The minimum Gasteiger partial charge on any atom is -0.353 e. The van der Waals surface area contributed by atoms with Crippen molar-refractivity contribution >= 4 is 51.7 Å². The van der Waals surface area contributed by atoms with Crippen LogP contribution in [0.4, 0.5) is 10.2 Å². The van der Waals surface area contributed by atoms with Crippen molar-refractivity contribution in [2.75, 3.05) is 31.1 Å². The van der Waals surface area contributed by atoms with Gasteiger partial charge in [0.1, 0.15) is 21.6 Å². The highest BCUT2D eigenvalue weighted by atomic mass is 32.2. The molecular weight excluding hydrogens is 545 g/mol. The summed E-state index contributed by atoms with van der Waals surface area (Å²) in [6, 6.07) is 21.8. The minimum atomic E-state index is -0.341. The molecule has 4 heterocycles. The zero-order valence-corrected chi connectivity index (χ0v) is 23.2. The zero-order chi connectivity index (χ0) is 27.6. The quantitative estimate of drug-likeness (QED) is 0.249. The lowest BCUT2D eigenvalue weighted by Crippen LogP contribution is -2.47. The fourth-order valence-electron chi connectivity index (χ4n) is 4.96. The predicted molar refractivity (Wildman–Crippen MR) is 161 cm³/mol. The fraction of sp³-hybridized carbons (Fsp3) is 0.200. The van der Waals surface area contributed by atoms with Gasteiger partial charge in [0.05, 0.1) is 17.0 Å². The van der Waals surface area contributed by atoms with Crippen molar-refractivity contribution in [1.29, 1.82) is 0 Å². The monoisotopic (exact) mass is 571 g/mol. The van der Waals surface area contributed by atoms with Crippen LogP contribution in [0.3, 0.4) is 0 Å². The van der Waals surface area contributed by atoms with Crippen LogP contribution in [0.2, 0.25) is 0 Å². The molecular formula is C30H26FN5O2S2. The number of piperazine rings is 1. The van der Waals surface area contributed by atoms with Gasteiger partial charge in [-0.2, -0.15) is 0 Å². The van der Waals surface area contributed by atoms with E-state index in [9.17, 15) is 14.0 Å². The molecule has 2 fully saturated rings.